The number of tetrazole rings is 1. The highest BCUT2D eigenvalue weighted by atomic mass is 15.5. The zero-order valence-corrected chi connectivity index (χ0v) is 11.8. The summed E-state index contributed by atoms with van der Waals surface area (Å²) in [4.78, 5) is 2.47. The predicted octanol–water partition coefficient (Wildman–Crippen LogP) is 2.39. The summed E-state index contributed by atoms with van der Waals surface area (Å²) in [6, 6.07) is 12.6. The van der Waals surface area contributed by atoms with Crippen LogP contribution in [0.3, 0.4) is 0 Å². The third-order valence-corrected chi connectivity index (χ3v) is 4.07. The Bertz CT molecular complexity index is 744. The Labute approximate surface area is 123 Å². The maximum Gasteiger partial charge on any atom is 0.183 e. The number of hydrogen-bond donors (Lipinski definition) is 0. The van der Waals surface area contributed by atoms with Crippen LogP contribution in [-0.2, 0) is 6.54 Å². The standard InChI is InChI=1S/C16H17N5/c1-2-6-13(7-3-1)14-10-15(11-20-8-4-5-9-20)16-17-18-19-21(16)12-14/h1-3,6-7,10,12H,4-5,8-9,11H2. The zero-order valence-electron chi connectivity index (χ0n) is 11.8. The van der Waals surface area contributed by atoms with Gasteiger partial charge in [-0.05, 0) is 48.0 Å². The van der Waals surface area contributed by atoms with Gasteiger partial charge in [-0.2, -0.15) is 4.52 Å². The first-order valence-corrected chi connectivity index (χ1v) is 7.38. The predicted molar refractivity (Wildman–Crippen MR) is 80.7 cm³/mol. The van der Waals surface area contributed by atoms with E-state index in [-0.39, 0.29) is 0 Å². The van der Waals surface area contributed by atoms with Crippen LogP contribution in [-0.4, -0.2) is 38.0 Å². The van der Waals surface area contributed by atoms with Crippen LogP contribution in [0.5, 0.6) is 0 Å². The lowest BCUT2D eigenvalue weighted by Crippen LogP contribution is -2.19. The van der Waals surface area contributed by atoms with Crippen molar-refractivity contribution in [3.63, 3.8) is 0 Å². The van der Waals surface area contributed by atoms with Gasteiger partial charge in [-0.15, -0.1) is 5.10 Å². The molecule has 1 fully saturated rings. The third-order valence-electron chi connectivity index (χ3n) is 4.07. The van der Waals surface area contributed by atoms with Crippen molar-refractivity contribution in [1.29, 1.82) is 0 Å². The second-order valence-electron chi connectivity index (χ2n) is 5.55. The van der Waals surface area contributed by atoms with Crippen LogP contribution < -0.4 is 0 Å². The monoisotopic (exact) mass is 279 g/mol. The maximum absolute atomic E-state index is 4.17. The number of likely N-dealkylation sites (tertiary alicyclic amines) is 1. The molecule has 1 aliphatic rings. The molecule has 3 heterocycles. The van der Waals surface area contributed by atoms with Gasteiger partial charge in [0.2, 0.25) is 0 Å². The smallest absolute Gasteiger partial charge is 0.183 e. The first kappa shape index (κ1) is 12.5. The second kappa shape index (κ2) is 5.26. The summed E-state index contributed by atoms with van der Waals surface area (Å²) < 4.78 is 1.79. The number of benzene rings is 1. The summed E-state index contributed by atoms with van der Waals surface area (Å²) in [6.07, 6.45) is 4.58. The van der Waals surface area contributed by atoms with Gasteiger partial charge in [0.05, 0.1) is 0 Å². The molecule has 21 heavy (non-hydrogen) atoms. The van der Waals surface area contributed by atoms with Crippen molar-refractivity contribution in [2.75, 3.05) is 13.1 Å². The van der Waals surface area contributed by atoms with Gasteiger partial charge >= 0.3 is 0 Å². The van der Waals surface area contributed by atoms with Crippen molar-refractivity contribution in [3.05, 3.63) is 48.2 Å². The number of rotatable bonds is 3. The minimum absolute atomic E-state index is 0.863. The molecule has 0 saturated carbocycles. The van der Waals surface area contributed by atoms with Crippen molar-refractivity contribution < 1.29 is 0 Å². The van der Waals surface area contributed by atoms with Crippen LogP contribution in [0.1, 0.15) is 18.4 Å². The Balaban J connectivity index is 1.78. The van der Waals surface area contributed by atoms with E-state index in [9.17, 15) is 0 Å². The lowest BCUT2D eigenvalue weighted by atomic mass is 10.1. The number of pyridine rings is 1. The average molecular weight is 279 g/mol. The molecule has 106 valence electrons. The fraction of sp³-hybridized carbons (Fsp3) is 0.312. The minimum Gasteiger partial charge on any atom is -0.299 e. The molecule has 3 aromatic rings. The molecule has 0 bridgehead atoms. The van der Waals surface area contributed by atoms with Gasteiger partial charge in [0.15, 0.2) is 5.65 Å². The highest BCUT2D eigenvalue weighted by molar-refractivity contribution is 5.66. The summed E-state index contributed by atoms with van der Waals surface area (Å²) in [5.74, 6) is 0. The molecule has 1 saturated heterocycles. The van der Waals surface area contributed by atoms with Crippen LogP contribution in [0.4, 0.5) is 0 Å². The number of hydrogen-bond acceptors (Lipinski definition) is 4. The van der Waals surface area contributed by atoms with Crippen LogP contribution >= 0.6 is 0 Å². The molecule has 0 aliphatic carbocycles. The van der Waals surface area contributed by atoms with E-state index in [1.807, 2.05) is 12.3 Å². The van der Waals surface area contributed by atoms with E-state index in [1.54, 1.807) is 4.52 Å². The number of aromatic nitrogens is 4. The van der Waals surface area contributed by atoms with Crippen molar-refractivity contribution in [2.24, 2.45) is 0 Å². The first-order valence-electron chi connectivity index (χ1n) is 7.38. The van der Waals surface area contributed by atoms with Crippen LogP contribution in [0.25, 0.3) is 16.8 Å². The van der Waals surface area contributed by atoms with E-state index in [4.69, 9.17) is 0 Å². The summed E-state index contributed by atoms with van der Waals surface area (Å²) in [5, 5.41) is 12.1. The molecule has 1 aliphatic heterocycles. The van der Waals surface area contributed by atoms with Crippen molar-refractivity contribution >= 4 is 5.65 Å². The number of nitrogens with zero attached hydrogens (tertiary/aromatic N) is 5. The Morgan fingerprint density at radius 1 is 1.00 bits per heavy atom. The van der Waals surface area contributed by atoms with E-state index in [1.165, 1.54) is 37.1 Å². The molecule has 2 aromatic heterocycles. The first-order chi connectivity index (χ1) is 10.4. The summed E-state index contributed by atoms with van der Waals surface area (Å²) in [6.45, 7) is 3.26. The van der Waals surface area contributed by atoms with Gasteiger partial charge in [0.25, 0.3) is 0 Å². The van der Waals surface area contributed by atoms with Crippen LogP contribution in [0.2, 0.25) is 0 Å². The quantitative estimate of drug-likeness (QED) is 0.738. The molecule has 0 spiro atoms. The molecule has 0 unspecified atom stereocenters. The van der Waals surface area contributed by atoms with Gasteiger partial charge in [0.1, 0.15) is 0 Å². The molecule has 1 aromatic carbocycles. The highest BCUT2D eigenvalue weighted by Crippen LogP contribution is 2.23. The van der Waals surface area contributed by atoms with Crippen LogP contribution in [0.15, 0.2) is 42.6 Å². The molecule has 0 radical (unpaired) electrons. The maximum atomic E-state index is 4.17. The Morgan fingerprint density at radius 2 is 1.81 bits per heavy atom. The van der Waals surface area contributed by atoms with Crippen molar-refractivity contribution in [3.8, 4) is 11.1 Å². The second-order valence-corrected chi connectivity index (χ2v) is 5.55. The summed E-state index contributed by atoms with van der Waals surface area (Å²) >= 11 is 0. The van der Waals surface area contributed by atoms with E-state index < -0.39 is 0 Å². The molecule has 4 rings (SSSR count). The third kappa shape index (κ3) is 2.40. The molecule has 0 N–H and O–H groups in total. The Morgan fingerprint density at radius 3 is 2.62 bits per heavy atom. The van der Waals surface area contributed by atoms with Gasteiger partial charge < -0.3 is 0 Å². The highest BCUT2D eigenvalue weighted by Gasteiger charge is 2.15. The van der Waals surface area contributed by atoms with Gasteiger partial charge in [-0.3, -0.25) is 4.90 Å². The summed E-state index contributed by atoms with van der Waals surface area (Å²) in [7, 11) is 0. The van der Waals surface area contributed by atoms with E-state index in [0.29, 0.717) is 0 Å². The van der Waals surface area contributed by atoms with Crippen molar-refractivity contribution in [2.45, 2.75) is 19.4 Å². The van der Waals surface area contributed by atoms with E-state index in [0.717, 1.165) is 17.8 Å². The SMILES string of the molecule is c1ccc(-c2cc(CN3CCCC3)c3nnnn3c2)cc1. The van der Waals surface area contributed by atoms with E-state index in [2.05, 4.69) is 50.8 Å². The number of fused-ring (bicyclic) bond motifs is 1. The Kier molecular flexibility index (Phi) is 3.12. The van der Waals surface area contributed by atoms with Crippen molar-refractivity contribution in [1.82, 2.24) is 24.9 Å². The molecule has 5 nitrogen and oxygen atoms in total. The van der Waals surface area contributed by atoms with E-state index >= 15 is 0 Å². The molecule has 5 heteroatoms. The van der Waals surface area contributed by atoms with Gasteiger partial charge in [-0.1, -0.05) is 30.3 Å². The molecular formula is C16H17N5. The van der Waals surface area contributed by atoms with Crippen LogP contribution in [0, 0.1) is 0 Å². The summed E-state index contributed by atoms with van der Waals surface area (Å²) in [5.41, 5.74) is 4.41. The fourth-order valence-electron chi connectivity index (χ4n) is 3.00. The fourth-order valence-corrected chi connectivity index (χ4v) is 3.00. The minimum atomic E-state index is 0.863. The van der Waals surface area contributed by atoms with Gasteiger partial charge in [0, 0.05) is 23.9 Å². The largest absolute Gasteiger partial charge is 0.299 e. The topological polar surface area (TPSA) is 46.3 Å². The Hall–Kier alpha value is -2.27. The van der Waals surface area contributed by atoms with Gasteiger partial charge in [-0.25, -0.2) is 0 Å². The lowest BCUT2D eigenvalue weighted by Gasteiger charge is -2.15. The molecule has 0 amide bonds. The molecule has 0 atom stereocenters. The lowest BCUT2D eigenvalue weighted by molar-refractivity contribution is 0.332. The zero-order chi connectivity index (χ0) is 14.1. The molecular weight excluding hydrogens is 262 g/mol. The average Bonchev–Trinajstić information content (AvgIpc) is 3.19. The normalized spacial score (nSPS) is 15.8.